The number of aromatic hydroxyl groups is 1. The van der Waals surface area contributed by atoms with Crippen LogP contribution in [0.25, 0.3) is 0 Å². The molecular weight excluding hydrogens is 330 g/mol. The zero-order valence-electron chi connectivity index (χ0n) is 15.1. The fourth-order valence-corrected chi connectivity index (χ4v) is 2.72. The zero-order chi connectivity index (χ0) is 18.8. The summed E-state index contributed by atoms with van der Waals surface area (Å²) in [6.45, 7) is 2.20. The molecule has 0 bridgehead atoms. The number of phenols is 1. The van der Waals surface area contributed by atoms with Crippen molar-refractivity contribution in [2.75, 3.05) is 0 Å². The van der Waals surface area contributed by atoms with E-state index in [1.165, 1.54) is 44.2 Å². The first-order valence-electron chi connectivity index (χ1n) is 9.09. The predicted octanol–water partition coefficient (Wildman–Crippen LogP) is 6.62. The van der Waals surface area contributed by atoms with E-state index >= 15 is 0 Å². The maximum atomic E-state index is 11.0. The Bertz CT molecular complexity index is 760. The van der Waals surface area contributed by atoms with Crippen LogP contribution in [0.3, 0.4) is 0 Å². The molecule has 0 amide bonds. The maximum absolute atomic E-state index is 11.0. The van der Waals surface area contributed by atoms with E-state index in [0.717, 1.165) is 18.4 Å². The zero-order valence-corrected chi connectivity index (χ0v) is 15.1. The molecule has 0 atom stereocenters. The molecule has 0 radical (unpaired) electrons. The number of benzene rings is 2. The van der Waals surface area contributed by atoms with Gasteiger partial charge in [0.2, 0.25) is 0 Å². The molecule has 6 heteroatoms. The summed E-state index contributed by atoms with van der Waals surface area (Å²) in [5.41, 5.74) is 1.46. The Morgan fingerprint density at radius 2 is 1.65 bits per heavy atom. The fraction of sp³-hybridized carbons (Fsp3) is 0.400. The molecule has 0 unspecified atom stereocenters. The second-order valence-corrected chi connectivity index (χ2v) is 6.29. The second kappa shape index (κ2) is 10.3. The fourth-order valence-electron chi connectivity index (χ4n) is 2.72. The Morgan fingerprint density at radius 3 is 2.42 bits per heavy atom. The van der Waals surface area contributed by atoms with E-state index in [1.807, 2.05) is 6.07 Å². The first kappa shape index (κ1) is 19.6. The van der Waals surface area contributed by atoms with Gasteiger partial charge < -0.3 is 5.11 Å². The van der Waals surface area contributed by atoms with Gasteiger partial charge in [0.15, 0.2) is 5.69 Å². The van der Waals surface area contributed by atoms with Crippen LogP contribution in [0.5, 0.6) is 5.75 Å². The lowest BCUT2D eigenvalue weighted by Crippen LogP contribution is -1.87. The molecule has 2 aromatic rings. The number of azo groups is 1. The number of rotatable bonds is 10. The van der Waals surface area contributed by atoms with Crippen molar-refractivity contribution in [2.24, 2.45) is 10.2 Å². The molecule has 0 saturated carbocycles. The molecular formula is C20H25N3O3. The van der Waals surface area contributed by atoms with Crippen LogP contribution >= 0.6 is 0 Å². The van der Waals surface area contributed by atoms with Crippen molar-refractivity contribution in [3.8, 4) is 5.75 Å². The van der Waals surface area contributed by atoms with Gasteiger partial charge in [-0.05, 0) is 36.6 Å². The van der Waals surface area contributed by atoms with Crippen molar-refractivity contribution in [3.63, 3.8) is 0 Å². The molecule has 26 heavy (non-hydrogen) atoms. The third-order valence-electron chi connectivity index (χ3n) is 4.20. The molecule has 2 rings (SSSR count). The third-order valence-corrected chi connectivity index (χ3v) is 4.20. The average molecular weight is 355 g/mol. The first-order valence-corrected chi connectivity index (χ1v) is 9.09. The minimum atomic E-state index is -0.497. The Kier molecular flexibility index (Phi) is 7.74. The Balaban J connectivity index is 2.02. The van der Waals surface area contributed by atoms with Crippen LogP contribution < -0.4 is 0 Å². The number of nitro groups is 1. The number of hydrogen-bond donors (Lipinski definition) is 1. The summed E-state index contributed by atoms with van der Waals surface area (Å²) in [5, 5.41) is 29.0. The monoisotopic (exact) mass is 355 g/mol. The van der Waals surface area contributed by atoms with E-state index in [0.29, 0.717) is 5.69 Å². The molecule has 6 nitrogen and oxygen atoms in total. The van der Waals surface area contributed by atoms with Crippen LogP contribution in [0.15, 0.2) is 52.7 Å². The van der Waals surface area contributed by atoms with E-state index in [2.05, 4.69) is 17.2 Å². The number of nitro benzene ring substituents is 1. The summed E-state index contributed by atoms with van der Waals surface area (Å²) in [5.74, 6) is 0.0130. The number of phenolic OH excluding ortho intramolecular Hbond substituents is 1. The largest absolute Gasteiger partial charge is 0.506 e. The van der Waals surface area contributed by atoms with Gasteiger partial charge in [-0.3, -0.25) is 10.1 Å². The van der Waals surface area contributed by atoms with Crippen LogP contribution in [0, 0.1) is 10.1 Å². The summed E-state index contributed by atoms with van der Waals surface area (Å²) in [4.78, 5) is 10.5. The van der Waals surface area contributed by atoms with Crippen LogP contribution in [0.4, 0.5) is 17.1 Å². The van der Waals surface area contributed by atoms with Gasteiger partial charge in [-0.25, -0.2) is 0 Å². The number of unbranched alkanes of at least 4 members (excludes halogenated alkanes) is 5. The predicted molar refractivity (Wildman–Crippen MR) is 102 cm³/mol. The van der Waals surface area contributed by atoms with Crippen molar-refractivity contribution in [3.05, 3.63) is 58.1 Å². The highest BCUT2D eigenvalue weighted by Crippen LogP contribution is 2.32. The van der Waals surface area contributed by atoms with Crippen LogP contribution in [0.2, 0.25) is 0 Å². The summed E-state index contributed by atoms with van der Waals surface area (Å²) in [6.07, 6.45) is 8.25. The van der Waals surface area contributed by atoms with Crippen LogP contribution in [0.1, 0.15) is 51.0 Å². The van der Waals surface area contributed by atoms with E-state index in [1.54, 1.807) is 24.3 Å². The average Bonchev–Trinajstić information content (AvgIpc) is 2.64. The van der Waals surface area contributed by atoms with Crippen LogP contribution in [-0.4, -0.2) is 10.0 Å². The van der Waals surface area contributed by atoms with Crippen molar-refractivity contribution >= 4 is 17.1 Å². The molecule has 0 fully saturated rings. The summed E-state index contributed by atoms with van der Waals surface area (Å²) in [7, 11) is 0. The number of nitrogens with zero attached hydrogens (tertiary/aromatic N) is 3. The van der Waals surface area contributed by atoms with Crippen molar-refractivity contribution in [1.29, 1.82) is 0 Å². The second-order valence-electron chi connectivity index (χ2n) is 6.29. The normalized spacial score (nSPS) is 11.1. The van der Waals surface area contributed by atoms with E-state index in [-0.39, 0.29) is 17.1 Å². The molecule has 0 aliphatic heterocycles. The smallest absolute Gasteiger partial charge is 0.296 e. The summed E-state index contributed by atoms with van der Waals surface area (Å²) in [6, 6.07) is 11.4. The Hall–Kier alpha value is -2.76. The highest BCUT2D eigenvalue weighted by molar-refractivity contribution is 5.58. The quantitative estimate of drug-likeness (QED) is 0.225. The molecule has 2 aromatic carbocycles. The summed E-state index contributed by atoms with van der Waals surface area (Å²) < 4.78 is 0. The van der Waals surface area contributed by atoms with E-state index < -0.39 is 4.92 Å². The minimum absolute atomic E-state index is 0.0130. The minimum Gasteiger partial charge on any atom is -0.506 e. The van der Waals surface area contributed by atoms with Gasteiger partial charge in [-0.2, -0.15) is 0 Å². The molecule has 0 spiro atoms. The van der Waals surface area contributed by atoms with Gasteiger partial charge in [0.05, 0.1) is 4.92 Å². The van der Waals surface area contributed by atoms with Gasteiger partial charge in [0.25, 0.3) is 5.69 Å². The maximum Gasteiger partial charge on any atom is 0.296 e. The Morgan fingerprint density at radius 1 is 0.962 bits per heavy atom. The molecule has 138 valence electrons. The molecule has 0 aromatic heterocycles. The lowest BCUT2D eigenvalue weighted by Gasteiger charge is -2.04. The standard InChI is InChI=1S/C20H25N3O3/c1-2-3-4-5-6-7-10-16-13-14-20(24)18(15-16)22-21-17-11-8-9-12-19(17)23(25)26/h8-9,11-15,24H,2-7,10H2,1H3. The highest BCUT2D eigenvalue weighted by atomic mass is 16.6. The SMILES string of the molecule is CCCCCCCCc1ccc(O)c(N=Nc2ccccc2[N+](=O)[O-])c1. The third kappa shape index (κ3) is 5.95. The van der Waals surface area contributed by atoms with Gasteiger partial charge in [0.1, 0.15) is 11.4 Å². The lowest BCUT2D eigenvalue weighted by molar-refractivity contribution is -0.384. The van der Waals surface area contributed by atoms with Gasteiger partial charge in [-0.15, -0.1) is 10.2 Å². The molecule has 0 heterocycles. The number of hydrogen-bond acceptors (Lipinski definition) is 5. The van der Waals surface area contributed by atoms with Crippen molar-refractivity contribution in [1.82, 2.24) is 0 Å². The first-order chi connectivity index (χ1) is 12.6. The molecule has 0 saturated heterocycles. The van der Waals surface area contributed by atoms with Gasteiger partial charge in [-0.1, -0.05) is 57.2 Å². The van der Waals surface area contributed by atoms with Crippen molar-refractivity contribution in [2.45, 2.75) is 51.9 Å². The van der Waals surface area contributed by atoms with E-state index in [9.17, 15) is 15.2 Å². The van der Waals surface area contributed by atoms with Gasteiger partial charge >= 0.3 is 0 Å². The van der Waals surface area contributed by atoms with E-state index in [4.69, 9.17) is 0 Å². The molecule has 0 aliphatic rings. The summed E-state index contributed by atoms with van der Waals surface area (Å²) >= 11 is 0. The molecule has 1 N–H and O–H groups in total. The van der Waals surface area contributed by atoms with Crippen molar-refractivity contribution < 1.29 is 10.0 Å². The highest BCUT2D eigenvalue weighted by Gasteiger charge is 2.12. The number of para-hydroxylation sites is 1. The topological polar surface area (TPSA) is 88.1 Å². The number of aryl methyl sites for hydroxylation is 1. The van der Waals surface area contributed by atoms with Gasteiger partial charge in [0, 0.05) is 6.07 Å². The Labute approximate surface area is 153 Å². The van der Waals surface area contributed by atoms with Crippen LogP contribution in [-0.2, 0) is 6.42 Å². The molecule has 0 aliphatic carbocycles. The lowest BCUT2D eigenvalue weighted by atomic mass is 10.0.